The van der Waals surface area contributed by atoms with Gasteiger partial charge in [-0.25, -0.2) is 4.79 Å². The summed E-state index contributed by atoms with van der Waals surface area (Å²) in [4.78, 5) is 28.2. The lowest BCUT2D eigenvalue weighted by Gasteiger charge is -2.29. The fourth-order valence-electron chi connectivity index (χ4n) is 2.99. The van der Waals surface area contributed by atoms with E-state index in [-0.39, 0.29) is 32.1 Å². The molecule has 30 heavy (non-hydrogen) atoms. The standard InChI is InChI=1S/C19H23F3N2O6/c1-4-13-9-12(2)10-14-11-15(17(19(20,21)22)30-16(13)14)18(25)28-7-5-23(3)6-8-29-24(26)27/h9-11,17H,4-8H2,1-3H3/t17-/m0/s1. The Kier molecular flexibility index (Phi) is 7.65. The van der Waals surface area contributed by atoms with E-state index in [9.17, 15) is 28.1 Å². The molecule has 1 aromatic carbocycles. The molecule has 1 aliphatic heterocycles. The number of ether oxygens (including phenoxy) is 2. The van der Waals surface area contributed by atoms with Crippen LogP contribution in [0.2, 0.25) is 0 Å². The molecule has 0 N–H and O–H groups in total. The predicted molar refractivity (Wildman–Crippen MR) is 100 cm³/mol. The molecule has 0 bridgehead atoms. The van der Waals surface area contributed by atoms with Crippen molar-refractivity contribution >= 4 is 12.0 Å². The van der Waals surface area contributed by atoms with Gasteiger partial charge in [-0.3, -0.25) is 0 Å². The van der Waals surface area contributed by atoms with Crippen LogP contribution in [0.4, 0.5) is 13.2 Å². The minimum absolute atomic E-state index is 0.118. The van der Waals surface area contributed by atoms with E-state index >= 15 is 0 Å². The van der Waals surface area contributed by atoms with Crippen molar-refractivity contribution in [2.45, 2.75) is 32.5 Å². The van der Waals surface area contributed by atoms with Gasteiger partial charge in [0.15, 0.2) is 0 Å². The van der Waals surface area contributed by atoms with Gasteiger partial charge in [-0.2, -0.15) is 13.2 Å². The second-order valence-corrected chi connectivity index (χ2v) is 6.83. The van der Waals surface area contributed by atoms with Crippen molar-refractivity contribution in [3.05, 3.63) is 44.5 Å². The van der Waals surface area contributed by atoms with E-state index in [0.717, 1.165) is 5.56 Å². The molecular formula is C19H23F3N2O6. The number of likely N-dealkylation sites (N-methyl/N-ethyl adjacent to an activating group) is 1. The number of halogens is 3. The number of alkyl halides is 3. The summed E-state index contributed by atoms with van der Waals surface area (Å²) in [6, 6.07) is 3.40. The molecule has 1 heterocycles. The molecule has 1 aromatic rings. The Labute approximate surface area is 171 Å². The quantitative estimate of drug-likeness (QED) is 0.337. The van der Waals surface area contributed by atoms with Crippen LogP contribution >= 0.6 is 0 Å². The van der Waals surface area contributed by atoms with Crippen molar-refractivity contribution in [1.29, 1.82) is 0 Å². The molecule has 0 unspecified atom stereocenters. The monoisotopic (exact) mass is 432 g/mol. The number of carbonyl (C=O) groups excluding carboxylic acids is 1. The maximum Gasteiger partial charge on any atom is 0.430 e. The SMILES string of the molecule is CCc1cc(C)cc2c1O[C@H](C(F)(F)F)C(C(=O)OCCN(C)CCO[N+](=O)[O-])=C2. The van der Waals surface area contributed by atoms with Gasteiger partial charge in [-0.05, 0) is 43.7 Å². The average Bonchev–Trinajstić information content (AvgIpc) is 2.65. The molecule has 0 aliphatic carbocycles. The number of hydrogen-bond donors (Lipinski definition) is 0. The van der Waals surface area contributed by atoms with Crippen LogP contribution in [-0.4, -0.2) is 61.6 Å². The molecule has 0 saturated heterocycles. The molecule has 0 fully saturated rings. The predicted octanol–water partition coefficient (Wildman–Crippen LogP) is 2.95. The maximum atomic E-state index is 13.6. The Balaban J connectivity index is 2.11. The summed E-state index contributed by atoms with van der Waals surface area (Å²) in [6.07, 6.45) is -5.57. The fraction of sp³-hybridized carbons (Fsp3) is 0.526. The van der Waals surface area contributed by atoms with E-state index in [1.165, 1.54) is 6.08 Å². The number of hydrogen-bond acceptors (Lipinski definition) is 7. The first-order chi connectivity index (χ1) is 14.0. The van der Waals surface area contributed by atoms with Crippen LogP contribution in [0.25, 0.3) is 6.08 Å². The summed E-state index contributed by atoms with van der Waals surface area (Å²) in [5, 5.41) is 9.18. The molecule has 11 heteroatoms. The second kappa shape index (κ2) is 9.79. The van der Waals surface area contributed by atoms with Crippen LogP contribution in [-0.2, 0) is 20.8 Å². The Bertz CT molecular complexity index is 825. The number of aryl methyl sites for hydroxylation is 2. The van der Waals surface area contributed by atoms with Crippen LogP contribution in [0.15, 0.2) is 17.7 Å². The fourth-order valence-corrected chi connectivity index (χ4v) is 2.99. The Hall–Kier alpha value is -2.82. The van der Waals surface area contributed by atoms with Crippen molar-refractivity contribution in [1.82, 2.24) is 4.90 Å². The first-order valence-corrected chi connectivity index (χ1v) is 9.24. The molecular weight excluding hydrogens is 409 g/mol. The van der Waals surface area contributed by atoms with Crippen molar-refractivity contribution < 1.29 is 37.4 Å². The number of fused-ring (bicyclic) bond motifs is 1. The Morgan fingerprint density at radius 1 is 1.30 bits per heavy atom. The highest BCUT2D eigenvalue weighted by Gasteiger charge is 2.49. The molecule has 2 rings (SSSR count). The van der Waals surface area contributed by atoms with Crippen LogP contribution < -0.4 is 4.74 Å². The Morgan fingerprint density at radius 2 is 1.97 bits per heavy atom. The third kappa shape index (κ3) is 6.09. The van der Waals surface area contributed by atoms with Crippen LogP contribution in [0.3, 0.4) is 0 Å². The topological polar surface area (TPSA) is 91.1 Å². The first kappa shape index (κ1) is 23.5. The van der Waals surface area contributed by atoms with Crippen LogP contribution in [0.5, 0.6) is 5.75 Å². The smallest absolute Gasteiger partial charge is 0.430 e. The third-order valence-electron chi connectivity index (χ3n) is 4.46. The zero-order valence-corrected chi connectivity index (χ0v) is 16.8. The molecule has 0 spiro atoms. The highest BCUT2D eigenvalue weighted by Crippen LogP contribution is 2.40. The summed E-state index contributed by atoms with van der Waals surface area (Å²) in [6.45, 7) is 3.58. The molecule has 0 saturated carbocycles. The van der Waals surface area contributed by atoms with Gasteiger partial charge in [-0.15, -0.1) is 10.1 Å². The number of nitrogens with zero attached hydrogens (tertiary/aromatic N) is 2. The van der Waals surface area contributed by atoms with E-state index in [1.807, 2.05) is 6.92 Å². The lowest BCUT2D eigenvalue weighted by molar-refractivity contribution is -0.757. The Morgan fingerprint density at radius 3 is 2.57 bits per heavy atom. The van der Waals surface area contributed by atoms with Gasteiger partial charge in [0.05, 0.1) is 5.57 Å². The summed E-state index contributed by atoms with van der Waals surface area (Å²) < 4.78 is 50.9. The van der Waals surface area contributed by atoms with E-state index in [0.29, 0.717) is 17.5 Å². The minimum Gasteiger partial charge on any atom is -0.475 e. The summed E-state index contributed by atoms with van der Waals surface area (Å²) in [7, 11) is 1.60. The van der Waals surface area contributed by atoms with Gasteiger partial charge < -0.3 is 19.2 Å². The molecule has 1 aliphatic rings. The van der Waals surface area contributed by atoms with Gasteiger partial charge in [0, 0.05) is 18.7 Å². The van der Waals surface area contributed by atoms with Crippen molar-refractivity contribution in [3.63, 3.8) is 0 Å². The van der Waals surface area contributed by atoms with Crippen molar-refractivity contribution in [3.8, 4) is 5.75 Å². The van der Waals surface area contributed by atoms with Gasteiger partial charge in [-0.1, -0.05) is 13.0 Å². The summed E-state index contributed by atoms with van der Waals surface area (Å²) in [5.41, 5.74) is 1.24. The average molecular weight is 432 g/mol. The van der Waals surface area contributed by atoms with E-state index < -0.39 is 28.9 Å². The van der Waals surface area contributed by atoms with Gasteiger partial charge >= 0.3 is 12.1 Å². The largest absolute Gasteiger partial charge is 0.475 e. The second-order valence-electron chi connectivity index (χ2n) is 6.83. The van der Waals surface area contributed by atoms with Crippen LogP contribution in [0.1, 0.15) is 23.6 Å². The third-order valence-corrected chi connectivity index (χ3v) is 4.46. The normalized spacial score (nSPS) is 15.8. The molecule has 8 nitrogen and oxygen atoms in total. The van der Waals surface area contributed by atoms with Gasteiger partial charge in [0.2, 0.25) is 6.10 Å². The van der Waals surface area contributed by atoms with Crippen molar-refractivity contribution in [2.75, 3.05) is 33.4 Å². The van der Waals surface area contributed by atoms with E-state index in [2.05, 4.69) is 4.84 Å². The number of carbonyl (C=O) groups is 1. The minimum atomic E-state index is -4.80. The highest BCUT2D eigenvalue weighted by atomic mass is 19.4. The van der Waals surface area contributed by atoms with Crippen LogP contribution in [0, 0.1) is 17.0 Å². The molecule has 0 amide bonds. The molecule has 0 aromatic heterocycles. The maximum absolute atomic E-state index is 13.6. The number of rotatable bonds is 9. The van der Waals surface area contributed by atoms with E-state index in [1.54, 1.807) is 31.0 Å². The lowest BCUT2D eigenvalue weighted by Crippen LogP contribution is -2.41. The highest BCUT2D eigenvalue weighted by molar-refractivity contribution is 5.96. The van der Waals surface area contributed by atoms with Gasteiger partial charge in [0.25, 0.3) is 5.09 Å². The first-order valence-electron chi connectivity index (χ1n) is 9.24. The lowest BCUT2D eigenvalue weighted by atomic mass is 9.96. The molecule has 1 atom stereocenters. The zero-order valence-electron chi connectivity index (χ0n) is 16.8. The van der Waals surface area contributed by atoms with Gasteiger partial charge in [0.1, 0.15) is 19.0 Å². The number of benzene rings is 1. The summed E-state index contributed by atoms with van der Waals surface area (Å²) >= 11 is 0. The molecule has 0 radical (unpaired) electrons. The summed E-state index contributed by atoms with van der Waals surface area (Å²) in [5.74, 6) is -1.01. The molecule has 166 valence electrons. The van der Waals surface area contributed by atoms with E-state index in [4.69, 9.17) is 9.47 Å². The zero-order chi connectivity index (χ0) is 22.5. The van der Waals surface area contributed by atoms with Crippen molar-refractivity contribution in [2.24, 2.45) is 0 Å². The number of esters is 1.